The van der Waals surface area contributed by atoms with Crippen LogP contribution in [0.5, 0.6) is 0 Å². The van der Waals surface area contributed by atoms with E-state index >= 15 is 0 Å². The minimum absolute atomic E-state index is 0.0963. The first kappa shape index (κ1) is 12.2. The predicted molar refractivity (Wildman–Crippen MR) is 71.0 cm³/mol. The highest BCUT2D eigenvalue weighted by atomic mass is 32.2. The van der Waals surface area contributed by atoms with E-state index in [0.29, 0.717) is 0 Å². The van der Waals surface area contributed by atoms with Crippen molar-refractivity contribution in [2.75, 3.05) is 0 Å². The van der Waals surface area contributed by atoms with Crippen LogP contribution in [-0.4, -0.2) is 9.55 Å². The number of aromatic nitrogens is 2. The molecule has 2 N–H and O–H groups in total. The fourth-order valence-electron chi connectivity index (χ4n) is 1.65. The Morgan fingerprint density at radius 1 is 1.41 bits per heavy atom. The zero-order chi connectivity index (χ0) is 12.3. The molecule has 0 aliphatic carbocycles. The molecule has 0 spiro atoms. The van der Waals surface area contributed by atoms with E-state index < -0.39 is 0 Å². The van der Waals surface area contributed by atoms with Crippen LogP contribution in [0.2, 0.25) is 0 Å². The van der Waals surface area contributed by atoms with Crippen molar-refractivity contribution in [1.29, 1.82) is 0 Å². The van der Waals surface area contributed by atoms with Gasteiger partial charge in [-0.3, -0.25) is 0 Å². The van der Waals surface area contributed by atoms with Crippen LogP contribution in [0.4, 0.5) is 0 Å². The van der Waals surface area contributed by atoms with Crippen molar-refractivity contribution < 1.29 is 0 Å². The van der Waals surface area contributed by atoms with Gasteiger partial charge < -0.3 is 10.3 Å². The molecule has 2 aromatic rings. The summed E-state index contributed by atoms with van der Waals surface area (Å²) in [6, 6.07) is 8.37. The lowest BCUT2D eigenvalue weighted by Gasteiger charge is -2.14. The van der Waals surface area contributed by atoms with Crippen LogP contribution in [-0.2, 0) is 7.05 Å². The third kappa shape index (κ3) is 2.70. The molecule has 17 heavy (non-hydrogen) atoms. The predicted octanol–water partition coefficient (Wildman–Crippen LogP) is 2.98. The van der Waals surface area contributed by atoms with Crippen LogP contribution in [0.15, 0.2) is 46.7 Å². The molecule has 1 aromatic heterocycles. The second-order valence-corrected chi connectivity index (χ2v) is 4.98. The first-order valence-electron chi connectivity index (χ1n) is 5.72. The summed E-state index contributed by atoms with van der Waals surface area (Å²) in [5, 5.41) is 0.987. The van der Waals surface area contributed by atoms with E-state index in [0.717, 1.165) is 11.6 Å². The first-order valence-corrected chi connectivity index (χ1v) is 6.53. The van der Waals surface area contributed by atoms with Crippen molar-refractivity contribution in [3.8, 4) is 0 Å². The van der Waals surface area contributed by atoms with Crippen molar-refractivity contribution in [1.82, 2.24) is 9.55 Å². The molecule has 1 heterocycles. The van der Waals surface area contributed by atoms with E-state index in [9.17, 15) is 0 Å². The summed E-state index contributed by atoms with van der Waals surface area (Å²) in [5.74, 6) is 0. The Balaban J connectivity index is 2.30. The second kappa shape index (κ2) is 5.38. The zero-order valence-corrected chi connectivity index (χ0v) is 10.9. The highest BCUT2D eigenvalue weighted by Gasteiger charge is 2.11. The van der Waals surface area contributed by atoms with Crippen molar-refractivity contribution in [3.05, 3.63) is 42.2 Å². The van der Waals surface area contributed by atoms with E-state index in [-0.39, 0.29) is 6.04 Å². The van der Waals surface area contributed by atoms with Gasteiger partial charge >= 0.3 is 0 Å². The molecule has 0 radical (unpaired) electrons. The largest absolute Gasteiger partial charge is 0.329 e. The van der Waals surface area contributed by atoms with Crippen molar-refractivity contribution in [3.63, 3.8) is 0 Å². The maximum atomic E-state index is 6.12. The molecule has 4 heteroatoms. The highest BCUT2D eigenvalue weighted by molar-refractivity contribution is 7.99. The van der Waals surface area contributed by atoms with Gasteiger partial charge in [-0.1, -0.05) is 36.9 Å². The molecule has 0 aliphatic rings. The number of aryl methyl sites for hydroxylation is 1. The maximum absolute atomic E-state index is 6.12. The van der Waals surface area contributed by atoms with Gasteiger partial charge in [0.05, 0.1) is 0 Å². The topological polar surface area (TPSA) is 43.8 Å². The number of hydrogen-bond acceptors (Lipinski definition) is 3. The third-order valence-electron chi connectivity index (χ3n) is 2.74. The lowest BCUT2D eigenvalue weighted by Crippen LogP contribution is -2.09. The van der Waals surface area contributed by atoms with Crippen LogP contribution in [0.1, 0.15) is 24.9 Å². The minimum atomic E-state index is 0.0963. The summed E-state index contributed by atoms with van der Waals surface area (Å²) < 4.78 is 2.01. The van der Waals surface area contributed by atoms with E-state index in [4.69, 9.17) is 5.73 Å². The smallest absolute Gasteiger partial charge is 0.172 e. The summed E-state index contributed by atoms with van der Waals surface area (Å²) in [4.78, 5) is 5.51. The minimum Gasteiger partial charge on any atom is -0.329 e. The zero-order valence-electron chi connectivity index (χ0n) is 10.1. The van der Waals surface area contributed by atoms with E-state index in [1.54, 1.807) is 11.8 Å². The summed E-state index contributed by atoms with van der Waals surface area (Å²) in [7, 11) is 2.00. The molecule has 90 valence electrons. The monoisotopic (exact) mass is 247 g/mol. The molecule has 0 bridgehead atoms. The second-order valence-electron chi connectivity index (χ2n) is 3.98. The van der Waals surface area contributed by atoms with Crippen LogP contribution in [0.25, 0.3) is 0 Å². The molecule has 0 aliphatic heterocycles. The van der Waals surface area contributed by atoms with Crippen LogP contribution >= 0.6 is 11.8 Å². The first-order chi connectivity index (χ1) is 8.22. The van der Waals surface area contributed by atoms with Crippen molar-refractivity contribution in [2.45, 2.75) is 29.4 Å². The Hall–Kier alpha value is -1.26. The van der Waals surface area contributed by atoms with Gasteiger partial charge in [-0.2, -0.15) is 0 Å². The van der Waals surface area contributed by atoms with Crippen molar-refractivity contribution >= 4 is 11.8 Å². The highest BCUT2D eigenvalue weighted by Crippen LogP contribution is 2.32. The molecule has 0 saturated carbocycles. The van der Waals surface area contributed by atoms with Gasteiger partial charge in [-0.25, -0.2) is 4.98 Å². The fourth-order valence-corrected chi connectivity index (χ4v) is 2.65. The molecular formula is C13H17N3S. The lowest BCUT2D eigenvalue weighted by atomic mass is 10.1. The number of benzene rings is 1. The number of nitrogens with zero attached hydrogens (tertiary/aromatic N) is 2. The number of imidazole rings is 1. The van der Waals surface area contributed by atoms with Crippen LogP contribution in [0.3, 0.4) is 0 Å². The number of rotatable bonds is 4. The molecule has 1 atom stereocenters. The van der Waals surface area contributed by atoms with Gasteiger partial charge in [-0.05, 0) is 18.1 Å². The van der Waals surface area contributed by atoms with Gasteiger partial charge in [-0.15, -0.1) is 0 Å². The summed E-state index contributed by atoms with van der Waals surface area (Å²) in [6.07, 6.45) is 4.70. The van der Waals surface area contributed by atoms with Gasteiger partial charge in [0.15, 0.2) is 5.16 Å². The third-order valence-corrected chi connectivity index (χ3v) is 3.90. The van der Waals surface area contributed by atoms with Gasteiger partial charge in [0, 0.05) is 30.4 Å². The SMILES string of the molecule is CCC(N)c1ccccc1Sc1nccn1C. The Labute approximate surface area is 106 Å². The molecular weight excluding hydrogens is 230 g/mol. The molecule has 0 saturated heterocycles. The standard InChI is InChI=1S/C13H17N3S/c1-3-11(14)10-6-4-5-7-12(10)17-13-15-8-9-16(13)2/h4-9,11H,3,14H2,1-2H3. The summed E-state index contributed by atoms with van der Waals surface area (Å²) in [5.41, 5.74) is 7.32. The number of hydrogen-bond donors (Lipinski definition) is 1. The molecule has 3 nitrogen and oxygen atoms in total. The Morgan fingerprint density at radius 3 is 2.82 bits per heavy atom. The van der Waals surface area contributed by atoms with Gasteiger partial charge in [0.2, 0.25) is 0 Å². The molecule has 2 rings (SSSR count). The average Bonchev–Trinajstić information content (AvgIpc) is 2.75. The Morgan fingerprint density at radius 2 is 2.18 bits per heavy atom. The quantitative estimate of drug-likeness (QED) is 0.903. The van der Waals surface area contributed by atoms with Crippen molar-refractivity contribution in [2.24, 2.45) is 12.8 Å². The lowest BCUT2D eigenvalue weighted by molar-refractivity contribution is 0.685. The summed E-state index contributed by atoms with van der Waals surface area (Å²) in [6.45, 7) is 2.10. The fraction of sp³-hybridized carbons (Fsp3) is 0.308. The number of nitrogens with two attached hydrogens (primary N) is 1. The Kier molecular flexibility index (Phi) is 3.86. The van der Waals surface area contributed by atoms with Gasteiger partial charge in [0.1, 0.15) is 0 Å². The average molecular weight is 247 g/mol. The van der Waals surface area contributed by atoms with E-state index in [1.165, 1.54) is 10.5 Å². The molecule has 0 amide bonds. The van der Waals surface area contributed by atoms with Crippen LogP contribution < -0.4 is 5.73 Å². The normalized spacial score (nSPS) is 12.6. The van der Waals surface area contributed by atoms with E-state index in [2.05, 4.69) is 24.0 Å². The van der Waals surface area contributed by atoms with Crippen LogP contribution in [0, 0.1) is 0 Å². The molecule has 1 aromatic carbocycles. The molecule has 1 unspecified atom stereocenters. The van der Waals surface area contributed by atoms with E-state index in [1.807, 2.05) is 36.1 Å². The van der Waals surface area contributed by atoms with Gasteiger partial charge in [0.25, 0.3) is 0 Å². The maximum Gasteiger partial charge on any atom is 0.172 e. The Bertz CT molecular complexity index is 493. The summed E-state index contributed by atoms with van der Waals surface area (Å²) >= 11 is 1.66. The molecule has 0 fully saturated rings.